The van der Waals surface area contributed by atoms with Crippen molar-refractivity contribution in [2.75, 3.05) is 33.2 Å². The highest BCUT2D eigenvalue weighted by Crippen LogP contribution is 2.66. The molecule has 6 rings (SSSR count). The summed E-state index contributed by atoms with van der Waals surface area (Å²) < 4.78 is 0. The van der Waals surface area contributed by atoms with E-state index in [4.69, 9.17) is 4.84 Å². The monoisotopic (exact) mass is 545 g/mol. The van der Waals surface area contributed by atoms with Gasteiger partial charge in [-0.25, -0.2) is 4.79 Å². The largest absolute Gasteiger partial charge is 0.365 e. The molecule has 40 heavy (non-hydrogen) atoms. The van der Waals surface area contributed by atoms with Crippen LogP contribution in [0.5, 0.6) is 0 Å². The van der Waals surface area contributed by atoms with Crippen LogP contribution >= 0.6 is 0 Å². The number of fused-ring (bicyclic) bond motifs is 5. The molecule has 0 amide bonds. The fourth-order valence-electron chi connectivity index (χ4n) is 9.49. The number of ketones is 1. The summed E-state index contributed by atoms with van der Waals surface area (Å²) in [5.74, 6) is 2.40. The molecule has 1 unspecified atom stereocenters. The molecule has 0 spiro atoms. The first-order chi connectivity index (χ1) is 19.2. The minimum absolute atomic E-state index is 0.203. The maximum absolute atomic E-state index is 12.9. The van der Waals surface area contributed by atoms with Gasteiger partial charge in [0.2, 0.25) is 0 Å². The number of nitrogens with zero attached hydrogens (tertiary/aromatic N) is 3. The summed E-state index contributed by atoms with van der Waals surface area (Å²) in [6.45, 7) is 12.3. The van der Waals surface area contributed by atoms with E-state index in [9.17, 15) is 9.59 Å². The molecule has 1 aromatic carbocycles. The average Bonchev–Trinajstić information content (AvgIpc) is 3.31. The van der Waals surface area contributed by atoms with Crippen LogP contribution in [0.4, 0.5) is 0 Å². The maximum Gasteiger partial charge on any atom is 0.365 e. The molecule has 6 atom stereocenters. The molecule has 4 aliphatic carbocycles. The summed E-state index contributed by atoms with van der Waals surface area (Å²) in [6, 6.07) is 7.83. The predicted octanol–water partition coefficient (Wildman–Crippen LogP) is 6.11. The predicted molar refractivity (Wildman–Crippen MR) is 158 cm³/mol. The van der Waals surface area contributed by atoms with Gasteiger partial charge in [-0.15, -0.1) is 0 Å². The summed E-state index contributed by atoms with van der Waals surface area (Å²) in [7, 11) is 2.17. The van der Waals surface area contributed by atoms with Crippen LogP contribution in [0, 0.1) is 34.5 Å². The molecule has 216 valence electrons. The van der Waals surface area contributed by atoms with Crippen LogP contribution in [0.1, 0.15) is 88.1 Å². The number of carbonyl (C=O) groups excluding carboxylic acids is 2. The number of piperazine rings is 1. The van der Waals surface area contributed by atoms with Crippen molar-refractivity contribution >= 4 is 17.5 Å². The van der Waals surface area contributed by atoms with Crippen molar-refractivity contribution in [1.29, 1.82) is 0 Å². The number of hydrogen-bond acceptors (Lipinski definition) is 6. The van der Waals surface area contributed by atoms with Gasteiger partial charge < -0.3 is 9.74 Å². The zero-order valence-electron chi connectivity index (χ0n) is 25.0. The number of carbonyl (C=O) groups is 2. The van der Waals surface area contributed by atoms with Crippen LogP contribution in [0.15, 0.2) is 41.1 Å². The lowest BCUT2D eigenvalue weighted by Gasteiger charge is -2.58. The number of hydrogen-bond donors (Lipinski definition) is 0. The summed E-state index contributed by atoms with van der Waals surface area (Å²) in [6.07, 6.45) is 10.8. The Kier molecular flexibility index (Phi) is 7.54. The second kappa shape index (κ2) is 10.8. The van der Waals surface area contributed by atoms with Gasteiger partial charge in [-0.2, -0.15) is 0 Å². The number of allylic oxidation sites excluding steroid dienone is 1. The third kappa shape index (κ3) is 5.00. The first kappa shape index (κ1) is 27.8. The van der Waals surface area contributed by atoms with Crippen LogP contribution in [0.25, 0.3) is 0 Å². The lowest BCUT2D eigenvalue weighted by atomic mass is 9.46. The summed E-state index contributed by atoms with van der Waals surface area (Å²) in [5, 5.41) is 4.44. The molecule has 4 fully saturated rings. The molecule has 1 heterocycles. The Morgan fingerprint density at radius 2 is 1.73 bits per heavy atom. The van der Waals surface area contributed by atoms with Crippen LogP contribution in [-0.4, -0.2) is 60.5 Å². The van der Waals surface area contributed by atoms with E-state index in [0.717, 1.165) is 63.6 Å². The molecule has 1 saturated heterocycles. The van der Waals surface area contributed by atoms with Crippen LogP contribution in [0.3, 0.4) is 0 Å². The number of benzene rings is 1. The average molecular weight is 546 g/mol. The van der Waals surface area contributed by atoms with Gasteiger partial charge in [0.25, 0.3) is 0 Å². The standard InChI is InChI=1S/C34H47N3O3/c1-23(35-40-32(39)25-7-5-24(6-8-25)22-37-19-17-36(4)18-20-37)29-11-12-30-28-10-9-26-21-27(38)13-15-33(26,2)31(28)14-16-34(29,30)3/h5-8,21,28-31H,9-20,22H2,1-4H3/b35-23+/t28?,29-,30+,31+,33+,34-/m1/s1. The summed E-state index contributed by atoms with van der Waals surface area (Å²) >= 11 is 0. The van der Waals surface area contributed by atoms with Gasteiger partial charge in [0.05, 0.1) is 11.3 Å². The minimum atomic E-state index is -0.375. The Balaban J connectivity index is 1.08. The van der Waals surface area contributed by atoms with Gasteiger partial charge in [0.1, 0.15) is 0 Å². The van der Waals surface area contributed by atoms with Crippen molar-refractivity contribution in [3.8, 4) is 0 Å². The minimum Gasteiger partial charge on any atom is -0.313 e. The van der Waals surface area contributed by atoms with E-state index in [1.54, 1.807) is 0 Å². The van der Waals surface area contributed by atoms with E-state index < -0.39 is 0 Å². The van der Waals surface area contributed by atoms with Gasteiger partial charge in [-0.05, 0) is 111 Å². The Bertz CT molecular complexity index is 1200. The van der Waals surface area contributed by atoms with Crippen molar-refractivity contribution in [3.05, 3.63) is 47.0 Å². The lowest BCUT2D eigenvalue weighted by Crippen LogP contribution is -2.51. The molecule has 3 saturated carbocycles. The quantitative estimate of drug-likeness (QED) is 0.254. The number of oxime groups is 1. The van der Waals surface area contributed by atoms with Gasteiger partial charge in [-0.3, -0.25) is 9.69 Å². The first-order valence-electron chi connectivity index (χ1n) is 15.7. The van der Waals surface area contributed by atoms with Gasteiger partial charge in [0, 0.05) is 45.1 Å². The molecule has 6 heteroatoms. The second-order valence-electron chi connectivity index (χ2n) is 14.0. The Labute approximate surface area is 240 Å². The molecule has 0 radical (unpaired) electrons. The second-order valence-corrected chi connectivity index (χ2v) is 14.0. The fourth-order valence-corrected chi connectivity index (χ4v) is 9.49. The highest BCUT2D eigenvalue weighted by molar-refractivity contribution is 5.92. The van der Waals surface area contributed by atoms with Crippen LogP contribution < -0.4 is 0 Å². The topological polar surface area (TPSA) is 62.2 Å². The molecule has 1 aliphatic heterocycles. The molecule has 6 nitrogen and oxygen atoms in total. The van der Waals surface area contributed by atoms with Gasteiger partial charge >= 0.3 is 5.97 Å². The van der Waals surface area contributed by atoms with Crippen molar-refractivity contribution in [3.63, 3.8) is 0 Å². The van der Waals surface area contributed by atoms with Gasteiger partial charge in [0.15, 0.2) is 5.78 Å². The summed E-state index contributed by atoms with van der Waals surface area (Å²) in [4.78, 5) is 35.4. The molecule has 0 bridgehead atoms. The van der Waals surface area contributed by atoms with Crippen molar-refractivity contribution in [2.45, 2.75) is 78.7 Å². The molecular formula is C34H47N3O3. The van der Waals surface area contributed by atoms with Crippen molar-refractivity contribution < 1.29 is 14.4 Å². The number of rotatable bonds is 5. The SMILES string of the molecule is C/C(=N\OC(=O)c1ccc(CN2CCN(C)CC2)cc1)[C@H]1CC[C@H]2C3CCC4=CC(=O)CC[C@]4(C)[C@H]3CC[C@]12C. The van der Waals surface area contributed by atoms with Crippen LogP contribution in [0.2, 0.25) is 0 Å². The van der Waals surface area contributed by atoms with E-state index in [2.05, 4.69) is 42.8 Å². The van der Waals surface area contributed by atoms with Crippen molar-refractivity contribution in [2.24, 2.45) is 39.7 Å². The molecule has 0 N–H and O–H groups in total. The zero-order valence-corrected chi connectivity index (χ0v) is 25.0. The van der Waals surface area contributed by atoms with E-state index in [-0.39, 0.29) is 16.8 Å². The van der Waals surface area contributed by atoms with E-state index in [1.165, 1.54) is 36.8 Å². The zero-order chi connectivity index (χ0) is 28.1. The molecule has 1 aromatic rings. The summed E-state index contributed by atoms with van der Waals surface area (Å²) in [5.41, 5.74) is 4.58. The van der Waals surface area contributed by atoms with Crippen molar-refractivity contribution in [1.82, 2.24) is 9.80 Å². The smallest absolute Gasteiger partial charge is 0.313 e. The Hall–Kier alpha value is -2.31. The lowest BCUT2D eigenvalue weighted by molar-refractivity contribution is -0.117. The number of likely N-dealkylation sites (N-methyl/N-ethyl adjacent to an activating group) is 1. The van der Waals surface area contributed by atoms with E-state index in [0.29, 0.717) is 35.5 Å². The molecular weight excluding hydrogens is 498 g/mol. The normalized spacial score (nSPS) is 36.9. The molecule has 0 aromatic heterocycles. The van der Waals surface area contributed by atoms with Crippen LogP contribution in [-0.2, 0) is 16.2 Å². The highest BCUT2D eigenvalue weighted by atomic mass is 16.7. The highest BCUT2D eigenvalue weighted by Gasteiger charge is 2.59. The Morgan fingerprint density at radius 3 is 2.48 bits per heavy atom. The van der Waals surface area contributed by atoms with E-state index >= 15 is 0 Å². The van der Waals surface area contributed by atoms with Gasteiger partial charge in [-0.1, -0.05) is 36.7 Å². The maximum atomic E-state index is 12.9. The first-order valence-corrected chi connectivity index (χ1v) is 15.7. The third-order valence-electron chi connectivity index (χ3n) is 11.9. The Morgan fingerprint density at radius 1 is 0.975 bits per heavy atom. The molecule has 5 aliphatic rings. The fraction of sp³-hybridized carbons (Fsp3) is 0.676. The van der Waals surface area contributed by atoms with E-state index in [1.807, 2.05) is 30.3 Å². The third-order valence-corrected chi connectivity index (χ3v) is 11.9.